The van der Waals surface area contributed by atoms with E-state index in [0.29, 0.717) is 23.7 Å². The van der Waals surface area contributed by atoms with Gasteiger partial charge in [-0.15, -0.1) is 0 Å². The summed E-state index contributed by atoms with van der Waals surface area (Å²) in [5.41, 5.74) is 3.76. The highest BCUT2D eigenvalue weighted by Crippen LogP contribution is 2.29. The number of rotatable bonds is 6. The summed E-state index contributed by atoms with van der Waals surface area (Å²) in [4.78, 5) is 12.1. The summed E-state index contributed by atoms with van der Waals surface area (Å²) >= 11 is 0. The van der Waals surface area contributed by atoms with E-state index < -0.39 is 5.91 Å². The molecule has 0 aromatic heterocycles. The molecule has 0 atom stereocenters. The Morgan fingerprint density at radius 3 is 2.44 bits per heavy atom. The topological polar surface area (TPSA) is 71.4 Å². The molecule has 0 aliphatic rings. The second-order valence-electron chi connectivity index (χ2n) is 5.72. The van der Waals surface area contributed by atoms with Crippen LogP contribution in [0.5, 0.6) is 11.5 Å². The number of amides is 1. The van der Waals surface area contributed by atoms with Gasteiger partial charge in [-0.1, -0.05) is 35.9 Å². The third-order valence-corrected chi connectivity index (χ3v) is 3.55. The molecule has 0 aliphatic heterocycles. The summed E-state index contributed by atoms with van der Waals surface area (Å²) in [6, 6.07) is 11.1. The number of carbonyl (C=O) groups is 1. The van der Waals surface area contributed by atoms with E-state index in [4.69, 9.17) is 14.9 Å². The van der Waals surface area contributed by atoms with Gasteiger partial charge in [0.2, 0.25) is 0 Å². The lowest BCUT2D eigenvalue weighted by atomic mass is 10.1. The molecule has 5 heteroatoms. The van der Waals surface area contributed by atoms with Crippen LogP contribution in [0.25, 0.3) is 0 Å². The third kappa shape index (κ3) is 4.94. The average Bonchev–Trinajstić information content (AvgIpc) is 2.58. The Bertz CT molecular complexity index is 792. The van der Waals surface area contributed by atoms with Crippen LogP contribution in [0.15, 0.2) is 49.1 Å². The lowest BCUT2D eigenvalue weighted by molar-refractivity contribution is 0.0976. The van der Waals surface area contributed by atoms with E-state index >= 15 is 0 Å². The fourth-order valence-corrected chi connectivity index (χ4v) is 2.49. The van der Waals surface area contributed by atoms with Crippen molar-refractivity contribution in [1.29, 1.82) is 5.41 Å². The molecule has 0 heterocycles. The summed E-state index contributed by atoms with van der Waals surface area (Å²) in [5.74, 6) is 0.557. The quantitative estimate of drug-likeness (QED) is 0.622. The Kier molecular flexibility index (Phi) is 5.95. The monoisotopic (exact) mass is 338 g/mol. The number of benzene rings is 2. The molecule has 0 saturated heterocycles. The van der Waals surface area contributed by atoms with Gasteiger partial charge in [0, 0.05) is 5.56 Å². The molecule has 0 aliphatic carbocycles. The SMILES string of the molecule is C=CC(=N)NC(=O)c1ccc(OC)c(OCc2cc(C)cc(C)c2)c1. The van der Waals surface area contributed by atoms with Crippen LogP contribution in [-0.2, 0) is 6.61 Å². The van der Waals surface area contributed by atoms with Crippen molar-refractivity contribution < 1.29 is 14.3 Å². The zero-order chi connectivity index (χ0) is 18.4. The van der Waals surface area contributed by atoms with E-state index in [1.54, 1.807) is 25.3 Å². The number of nitrogens with one attached hydrogen (secondary N) is 2. The molecular weight excluding hydrogens is 316 g/mol. The van der Waals surface area contributed by atoms with E-state index in [0.717, 1.165) is 5.56 Å². The molecule has 0 radical (unpaired) electrons. The molecule has 1 amide bonds. The highest BCUT2D eigenvalue weighted by atomic mass is 16.5. The fraction of sp³-hybridized carbons (Fsp3) is 0.200. The number of amidine groups is 1. The molecule has 5 nitrogen and oxygen atoms in total. The van der Waals surface area contributed by atoms with E-state index in [2.05, 4.69) is 30.1 Å². The van der Waals surface area contributed by atoms with Crippen molar-refractivity contribution in [3.05, 3.63) is 71.3 Å². The molecule has 130 valence electrons. The van der Waals surface area contributed by atoms with Crippen LogP contribution >= 0.6 is 0 Å². The second kappa shape index (κ2) is 8.15. The lowest BCUT2D eigenvalue weighted by Crippen LogP contribution is -2.28. The van der Waals surface area contributed by atoms with E-state index in [1.165, 1.54) is 17.2 Å². The minimum Gasteiger partial charge on any atom is -0.493 e. The number of hydrogen-bond acceptors (Lipinski definition) is 4. The predicted octanol–water partition coefficient (Wildman–Crippen LogP) is 3.78. The largest absolute Gasteiger partial charge is 0.493 e. The minimum absolute atomic E-state index is 0.0569. The van der Waals surface area contributed by atoms with Crippen molar-refractivity contribution in [2.24, 2.45) is 0 Å². The lowest BCUT2D eigenvalue weighted by Gasteiger charge is -2.13. The molecule has 2 aromatic carbocycles. The van der Waals surface area contributed by atoms with Gasteiger partial charge in [0.1, 0.15) is 12.4 Å². The van der Waals surface area contributed by atoms with Gasteiger partial charge in [0.25, 0.3) is 5.91 Å². The molecule has 2 N–H and O–H groups in total. The van der Waals surface area contributed by atoms with Crippen molar-refractivity contribution >= 4 is 11.7 Å². The van der Waals surface area contributed by atoms with Gasteiger partial charge in [-0.25, -0.2) is 0 Å². The maximum Gasteiger partial charge on any atom is 0.256 e. The first-order valence-electron chi connectivity index (χ1n) is 7.83. The van der Waals surface area contributed by atoms with Crippen molar-refractivity contribution in [3.63, 3.8) is 0 Å². The van der Waals surface area contributed by atoms with Crippen molar-refractivity contribution in [2.75, 3.05) is 7.11 Å². The van der Waals surface area contributed by atoms with Gasteiger partial charge in [-0.05, 0) is 43.7 Å². The number of methoxy groups -OCH3 is 1. The van der Waals surface area contributed by atoms with Crippen LogP contribution in [0.4, 0.5) is 0 Å². The van der Waals surface area contributed by atoms with Crippen LogP contribution in [0.2, 0.25) is 0 Å². The minimum atomic E-state index is -0.399. The molecule has 0 fully saturated rings. The fourth-order valence-electron chi connectivity index (χ4n) is 2.49. The number of aryl methyl sites for hydroxylation is 2. The first-order chi connectivity index (χ1) is 11.9. The van der Waals surface area contributed by atoms with Gasteiger partial charge < -0.3 is 14.8 Å². The smallest absolute Gasteiger partial charge is 0.256 e. The molecule has 0 saturated carbocycles. The van der Waals surface area contributed by atoms with E-state index in [1.807, 2.05) is 13.8 Å². The molecule has 2 aromatic rings. The maximum absolute atomic E-state index is 12.1. The van der Waals surface area contributed by atoms with Crippen molar-refractivity contribution in [2.45, 2.75) is 20.5 Å². The standard InChI is InChI=1S/C20H22N2O3/c1-5-19(21)22-20(23)16-6-7-17(24-4)18(11-16)25-12-15-9-13(2)8-14(3)10-15/h5-11H,1,12H2,2-4H3,(H2,21,22,23). The van der Waals surface area contributed by atoms with E-state index in [9.17, 15) is 4.79 Å². The highest BCUT2D eigenvalue weighted by molar-refractivity contribution is 6.09. The van der Waals surface area contributed by atoms with Gasteiger partial charge in [-0.3, -0.25) is 10.2 Å². The van der Waals surface area contributed by atoms with E-state index in [-0.39, 0.29) is 5.84 Å². The van der Waals surface area contributed by atoms with Gasteiger partial charge in [0.15, 0.2) is 11.5 Å². The summed E-state index contributed by atoms with van der Waals surface area (Å²) in [5, 5.41) is 9.91. The Morgan fingerprint density at radius 1 is 1.16 bits per heavy atom. The Balaban J connectivity index is 2.20. The zero-order valence-electron chi connectivity index (χ0n) is 14.7. The Morgan fingerprint density at radius 2 is 1.84 bits per heavy atom. The normalized spacial score (nSPS) is 10.0. The van der Waals surface area contributed by atoms with Gasteiger partial charge in [0.05, 0.1) is 7.11 Å². The zero-order valence-corrected chi connectivity index (χ0v) is 14.7. The highest BCUT2D eigenvalue weighted by Gasteiger charge is 2.12. The Labute approximate surface area is 147 Å². The average molecular weight is 338 g/mol. The molecular formula is C20H22N2O3. The summed E-state index contributed by atoms with van der Waals surface area (Å²) in [7, 11) is 1.55. The van der Waals surface area contributed by atoms with Crippen LogP contribution in [0, 0.1) is 19.3 Å². The van der Waals surface area contributed by atoms with Gasteiger partial charge >= 0.3 is 0 Å². The molecule has 0 unspecified atom stereocenters. The van der Waals surface area contributed by atoms with Crippen LogP contribution in [0.1, 0.15) is 27.0 Å². The molecule has 0 spiro atoms. The molecule has 0 bridgehead atoms. The Hall–Kier alpha value is -3.08. The third-order valence-electron chi connectivity index (χ3n) is 3.55. The van der Waals surface area contributed by atoms with Crippen LogP contribution < -0.4 is 14.8 Å². The summed E-state index contributed by atoms with van der Waals surface area (Å²) in [6.45, 7) is 7.89. The maximum atomic E-state index is 12.1. The predicted molar refractivity (Wildman–Crippen MR) is 98.6 cm³/mol. The first kappa shape index (κ1) is 18.3. The van der Waals surface area contributed by atoms with Crippen LogP contribution in [0.3, 0.4) is 0 Å². The van der Waals surface area contributed by atoms with Crippen molar-refractivity contribution in [3.8, 4) is 11.5 Å². The summed E-state index contributed by atoms with van der Waals surface area (Å²) < 4.78 is 11.2. The first-order valence-corrected chi connectivity index (χ1v) is 7.83. The van der Waals surface area contributed by atoms with Crippen molar-refractivity contribution in [1.82, 2.24) is 5.32 Å². The molecule has 25 heavy (non-hydrogen) atoms. The summed E-state index contributed by atoms with van der Waals surface area (Å²) in [6.07, 6.45) is 1.26. The molecule has 2 rings (SSSR count). The second-order valence-corrected chi connectivity index (χ2v) is 5.72. The number of hydrogen-bond donors (Lipinski definition) is 2. The number of carbonyl (C=O) groups excluding carboxylic acids is 1. The number of ether oxygens (including phenoxy) is 2. The van der Waals surface area contributed by atoms with Gasteiger partial charge in [-0.2, -0.15) is 0 Å². The van der Waals surface area contributed by atoms with Crippen LogP contribution in [-0.4, -0.2) is 18.9 Å².